The predicted molar refractivity (Wildman–Crippen MR) is 107 cm³/mol. The van der Waals surface area contributed by atoms with E-state index in [1.54, 1.807) is 18.2 Å². The summed E-state index contributed by atoms with van der Waals surface area (Å²) in [7, 11) is 0. The first-order valence-electron chi connectivity index (χ1n) is 9.66. The first-order chi connectivity index (χ1) is 13.7. The van der Waals surface area contributed by atoms with Crippen molar-refractivity contribution in [3.05, 3.63) is 76.2 Å². The van der Waals surface area contributed by atoms with E-state index in [2.05, 4.69) is 10.4 Å². The van der Waals surface area contributed by atoms with Gasteiger partial charge in [0.25, 0.3) is 11.5 Å². The molecular weight excluding hydrogens is 354 g/mol. The molecule has 6 heteroatoms. The van der Waals surface area contributed by atoms with E-state index in [-0.39, 0.29) is 23.3 Å². The largest absolute Gasteiger partial charge is 0.378 e. The number of rotatable bonds is 6. The number of ether oxygens (including phenoxy) is 1. The molecule has 6 nitrogen and oxygen atoms in total. The first-order valence-corrected chi connectivity index (χ1v) is 9.66. The number of nitrogens with one attached hydrogen (secondary N) is 1. The average Bonchev–Trinajstić information content (AvgIpc) is 3.24. The molecule has 0 aliphatic carbocycles. The lowest BCUT2D eigenvalue weighted by Crippen LogP contribution is -2.32. The van der Waals surface area contributed by atoms with Crippen LogP contribution in [0, 0.1) is 0 Å². The average molecular weight is 377 g/mol. The number of carbonyl (C=O) groups is 1. The minimum atomic E-state index is -0.268. The Morgan fingerprint density at radius 3 is 2.61 bits per heavy atom. The Hall–Kier alpha value is -2.99. The topological polar surface area (TPSA) is 73.2 Å². The summed E-state index contributed by atoms with van der Waals surface area (Å²) in [5, 5.41) is 8.41. The van der Waals surface area contributed by atoms with E-state index in [1.807, 2.05) is 36.4 Å². The second-order valence-corrected chi connectivity index (χ2v) is 7.02. The van der Waals surface area contributed by atoms with Crippen LogP contribution in [0.5, 0.6) is 0 Å². The summed E-state index contributed by atoms with van der Waals surface area (Å²) in [6.07, 6.45) is 3.12. The fourth-order valence-corrected chi connectivity index (χ4v) is 3.57. The standard InChI is InChI=1S/C22H23N3O3/c26-21(23-13-12-17-9-6-14-28-17)20-18-10-4-5-11-19(18)22(27)25(24-20)15-16-7-2-1-3-8-16/h1-5,7-8,10-11,17H,6,9,12-15H2,(H,23,26). The summed E-state index contributed by atoms with van der Waals surface area (Å²) in [6.45, 7) is 1.65. The minimum Gasteiger partial charge on any atom is -0.378 e. The first kappa shape index (κ1) is 18.4. The van der Waals surface area contributed by atoms with Crippen molar-refractivity contribution in [1.29, 1.82) is 0 Å². The summed E-state index contributed by atoms with van der Waals surface area (Å²) < 4.78 is 6.97. The molecule has 2 heterocycles. The fourth-order valence-electron chi connectivity index (χ4n) is 3.57. The molecule has 4 rings (SSSR count). The van der Waals surface area contributed by atoms with Gasteiger partial charge < -0.3 is 10.1 Å². The quantitative estimate of drug-likeness (QED) is 0.717. The van der Waals surface area contributed by atoms with Crippen molar-refractivity contribution in [1.82, 2.24) is 15.1 Å². The van der Waals surface area contributed by atoms with Crippen molar-refractivity contribution < 1.29 is 9.53 Å². The van der Waals surface area contributed by atoms with E-state index in [0.717, 1.165) is 31.4 Å². The van der Waals surface area contributed by atoms with Gasteiger partial charge in [-0.25, -0.2) is 4.68 Å². The summed E-state index contributed by atoms with van der Waals surface area (Å²) in [6, 6.07) is 16.8. The molecule has 1 saturated heterocycles. The zero-order valence-corrected chi connectivity index (χ0v) is 15.6. The Labute approximate surface area is 163 Å². The number of hydrogen-bond donors (Lipinski definition) is 1. The fraction of sp³-hybridized carbons (Fsp3) is 0.318. The third-order valence-corrected chi connectivity index (χ3v) is 5.03. The molecule has 1 amide bonds. The Morgan fingerprint density at radius 2 is 1.86 bits per heavy atom. The molecule has 0 saturated carbocycles. The van der Waals surface area contributed by atoms with Gasteiger partial charge in [0, 0.05) is 18.5 Å². The highest BCUT2D eigenvalue weighted by Crippen LogP contribution is 2.16. The molecule has 28 heavy (non-hydrogen) atoms. The maximum atomic E-state index is 12.8. The van der Waals surface area contributed by atoms with Gasteiger partial charge in [-0.05, 0) is 30.9 Å². The zero-order chi connectivity index (χ0) is 19.3. The van der Waals surface area contributed by atoms with Gasteiger partial charge in [-0.3, -0.25) is 9.59 Å². The van der Waals surface area contributed by atoms with E-state index in [9.17, 15) is 9.59 Å². The Bertz CT molecular complexity index is 1020. The zero-order valence-electron chi connectivity index (χ0n) is 15.6. The van der Waals surface area contributed by atoms with Crippen molar-refractivity contribution in [3.63, 3.8) is 0 Å². The summed E-state index contributed by atoms with van der Waals surface area (Å²) in [5.41, 5.74) is 1.03. The van der Waals surface area contributed by atoms with Crippen LogP contribution < -0.4 is 10.9 Å². The molecule has 1 atom stereocenters. The minimum absolute atomic E-state index is 0.199. The lowest BCUT2D eigenvalue weighted by Gasteiger charge is -2.13. The van der Waals surface area contributed by atoms with Crippen LogP contribution in [-0.4, -0.2) is 34.9 Å². The van der Waals surface area contributed by atoms with E-state index in [4.69, 9.17) is 4.74 Å². The Balaban J connectivity index is 1.61. The number of amides is 1. The van der Waals surface area contributed by atoms with Crippen LogP contribution in [0.15, 0.2) is 59.4 Å². The van der Waals surface area contributed by atoms with E-state index in [1.165, 1.54) is 4.68 Å². The number of hydrogen-bond acceptors (Lipinski definition) is 4. The number of aromatic nitrogens is 2. The highest BCUT2D eigenvalue weighted by atomic mass is 16.5. The highest BCUT2D eigenvalue weighted by Gasteiger charge is 2.18. The van der Waals surface area contributed by atoms with Crippen molar-refractivity contribution in [3.8, 4) is 0 Å². The third-order valence-electron chi connectivity index (χ3n) is 5.03. The molecule has 1 fully saturated rings. The van der Waals surface area contributed by atoms with E-state index >= 15 is 0 Å². The molecule has 0 spiro atoms. The lowest BCUT2D eigenvalue weighted by molar-refractivity contribution is 0.0903. The molecule has 1 unspecified atom stereocenters. The number of benzene rings is 2. The Morgan fingerprint density at radius 1 is 1.11 bits per heavy atom. The maximum Gasteiger partial charge on any atom is 0.274 e. The molecular formula is C22H23N3O3. The third kappa shape index (κ3) is 3.97. The Kier molecular flexibility index (Phi) is 5.48. The van der Waals surface area contributed by atoms with E-state index < -0.39 is 0 Å². The van der Waals surface area contributed by atoms with Gasteiger partial charge in [-0.1, -0.05) is 48.5 Å². The SMILES string of the molecule is O=C(NCCC1CCCO1)c1nn(Cc2ccccc2)c(=O)c2ccccc12. The molecule has 1 aromatic heterocycles. The highest BCUT2D eigenvalue weighted by molar-refractivity contribution is 6.04. The molecule has 0 bridgehead atoms. The molecule has 1 N–H and O–H groups in total. The second kappa shape index (κ2) is 8.35. The van der Waals surface area contributed by atoms with E-state index in [0.29, 0.717) is 23.9 Å². The van der Waals surface area contributed by atoms with Crippen LogP contribution in [0.2, 0.25) is 0 Å². The van der Waals surface area contributed by atoms with Crippen LogP contribution >= 0.6 is 0 Å². The van der Waals surface area contributed by atoms with Gasteiger partial charge >= 0.3 is 0 Å². The van der Waals surface area contributed by atoms with Gasteiger partial charge in [0.1, 0.15) is 0 Å². The van der Waals surface area contributed by atoms with Gasteiger partial charge in [0.15, 0.2) is 5.69 Å². The van der Waals surface area contributed by atoms with Crippen LogP contribution in [0.1, 0.15) is 35.3 Å². The lowest BCUT2D eigenvalue weighted by atomic mass is 10.1. The smallest absolute Gasteiger partial charge is 0.274 e. The summed E-state index contributed by atoms with van der Waals surface area (Å²) in [4.78, 5) is 25.7. The number of nitrogens with zero attached hydrogens (tertiary/aromatic N) is 2. The molecule has 144 valence electrons. The predicted octanol–water partition coefficient (Wildman–Crippen LogP) is 2.74. The van der Waals surface area contributed by atoms with Crippen LogP contribution in [0.4, 0.5) is 0 Å². The molecule has 1 aliphatic rings. The monoisotopic (exact) mass is 377 g/mol. The van der Waals surface area contributed by atoms with Crippen LogP contribution in [-0.2, 0) is 11.3 Å². The second-order valence-electron chi connectivity index (χ2n) is 7.02. The van der Waals surface area contributed by atoms with Crippen LogP contribution in [0.3, 0.4) is 0 Å². The number of carbonyl (C=O) groups excluding carboxylic acids is 1. The molecule has 3 aromatic rings. The van der Waals surface area contributed by atoms with Gasteiger partial charge in [0.05, 0.1) is 18.0 Å². The molecule has 1 aliphatic heterocycles. The van der Waals surface area contributed by atoms with Crippen molar-refractivity contribution in [2.24, 2.45) is 0 Å². The molecule has 0 radical (unpaired) electrons. The van der Waals surface area contributed by atoms with Crippen molar-refractivity contribution >= 4 is 16.7 Å². The summed E-state index contributed by atoms with van der Waals surface area (Å²) >= 11 is 0. The van der Waals surface area contributed by atoms with Gasteiger partial charge in [-0.2, -0.15) is 5.10 Å². The molecule has 2 aromatic carbocycles. The van der Waals surface area contributed by atoms with Crippen molar-refractivity contribution in [2.75, 3.05) is 13.2 Å². The summed E-state index contributed by atoms with van der Waals surface area (Å²) in [5.74, 6) is -0.268. The van der Waals surface area contributed by atoms with Gasteiger partial charge in [0.2, 0.25) is 0 Å². The number of fused-ring (bicyclic) bond motifs is 1. The normalized spacial score (nSPS) is 16.4. The van der Waals surface area contributed by atoms with Crippen LogP contribution in [0.25, 0.3) is 10.8 Å². The maximum absolute atomic E-state index is 12.8. The van der Waals surface area contributed by atoms with Crippen molar-refractivity contribution in [2.45, 2.75) is 31.9 Å². The van der Waals surface area contributed by atoms with Gasteiger partial charge in [-0.15, -0.1) is 0 Å².